The molecule has 4 rings (SSSR count). The van der Waals surface area contributed by atoms with Crippen molar-refractivity contribution < 1.29 is 19.1 Å². The number of ether oxygens (including phenoxy) is 1. The SMILES string of the molecule is Cn1c(=O)[nH]c2ccc(C(C3CCC(=O)NC3=O)C3(CC(=O)OC(C)(C)C)CCCCC3)cc21. The number of aromatic amines is 1. The molecule has 1 aromatic heterocycles. The normalized spacial score (nSPS) is 21.8. The predicted octanol–water partition coefficient (Wildman–Crippen LogP) is 3.69. The zero-order valence-corrected chi connectivity index (χ0v) is 20.5. The first kappa shape index (κ1) is 24.2. The van der Waals surface area contributed by atoms with Gasteiger partial charge in [0.1, 0.15) is 5.60 Å². The molecule has 2 unspecified atom stereocenters. The van der Waals surface area contributed by atoms with Crippen molar-refractivity contribution in [3.8, 4) is 0 Å². The molecule has 8 heteroatoms. The molecule has 2 amide bonds. The number of esters is 1. The summed E-state index contributed by atoms with van der Waals surface area (Å²) in [5, 5.41) is 2.52. The van der Waals surface area contributed by atoms with Gasteiger partial charge in [-0.1, -0.05) is 25.3 Å². The number of fused-ring (bicyclic) bond motifs is 1. The van der Waals surface area contributed by atoms with E-state index in [1.165, 1.54) is 0 Å². The number of hydrogen-bond donors (Lipinski definition) is 2. The topological polar surface area (TPSA) is 110 Å². The van der Waals surface area contributed by atoms with Gasteiger partial charge in [0.15, 0.2) is 0 Å². The van der Waals surface area contributed by atoms with Gasteiger partial charge in [-0.05, 0) is 63.1 Å². The number of nitrogens with zero attached hydrogens (tertiary/aromatic N) is 1. The molecule has 2 atom stereocenters. The quantitative estimate of drug-likeness (QED) is 0.513. The van der Waals surface area contributed by atoms with Gasteiger partial charge >= 0.3 is 11.7 Å². The number of rotatable bonds is 5. The molecular weight excluding hydrogens is 434 g/mol. The van der Waals surface area contributed by atoms with Crippen molar-refractivity contribution in [2.24, 2.45) is 18.4 Å². The van der Waals surface area contributed by atoms with Crippen LogP contribution in [-0.2, 0) is 26.2 Å². The lowest BCUT2D eigenvalue weighted by Crippen LogP contribution is -2.48. The van der Waals surface area contributed by atoms with Crippen molar-refractivity contribution in [2.75, 3.05) is 0 Å². The monoisotopic (exact) mass is 469 g/mol. The third-order valence-corrected chi connectivity index (χ3v) is 7.40. The molecule has 1 aliphatic carbocycles. The molecule has 34 heavy (non-hydrogen) atoms. The molecule has 2 heterocycles. The maximum Gasteiger partial charge on any atom is 0.326 e. The van der Waals surface area contributed by atoms with E-state index in [1.807, 2.05) is 39.0 Å². The van der Waals surface area contributed by atoms with E-state index in [-0.39, 0.29) is 42.2 Å². The van der Waals surface area contributed by atoms with Gasteiger partial charge in [0.2, 0.25) is 11.8 Å². The van der Waals surface area contributed by atoms with Crippen LogP contribution < -0.4 is 11.0 Å². The molecule has 1 aromatic carbocycles. The van der Waals surface area contributed by atoms with Gasteiger partial charge in [-0.2, -0.15) is 0 Å². The Morgan fingerprint density at radius 1 is 1.18 bits per heavy atom. The Morgan fingerprint density at radius 2 is 1.88 bits per heavy atom. The van der Waals surface area contributed by atoms with Gasteiger partial charge in [0.05, 0.1) is 17.5 Å². The lowest BCUT2D eigenvalue weighted by Gasteiger charge is -2.47. The molecule has 0 radical (unpaired) electrons. The van der Waals surface area contributed by atoms with Crippen molar-refractivity contribution in [3.63, 3.8) is 0 Å². The molecule has 1 saturated carbocycles. The van der Waals surface area contributed by atoms with E-state index in [9.17, 15) is 19.2 Å². The zero-order chi connectivity index (χ0) is 24.7. The average Bonchev–Trinajstić information content (AvgIpc) is 3.02. The molecule has 0 spiro atoms. The standard InChI is InChI=1S/C26H35N3O5/c1-25(2,3)34-21(31)15-26(12-6-5-7-13-26)22(17-9-11-20(30)28-23(17)32)16-8-10-18-19(14-16)29(4)24(33)27-18/h8,10,14,17,22H,5-7,9,11-13,15H2,1-4H3,(H,27,33)(H,28,30,32). The molecular formula is C26H35N3O5. The van der Waals surface area contributed by atoms with Crippen LogP contribution in [-0.4, -0.2) is 32.9 Å². The van der Waals surface area contributed by atoms with Crippen molar-refractivity contribution in [2.45, 2.75) is 83.7 Å². The summed E-state index contributed by atoms with van der Waals surface area (Å²) in [6.07, 6.45) is 5.57. The Kier molecular flexibility index (Phi) is 6.44. The number of imidazole rings is 1. The number of hydrogen-bond acceptors (Lipinski definition) is 5. The minimum atomic E-state index is -0.598. The highest BCUT2D eigenvalue weighted by molar-refractivity contribution is 5.99. The summed E-state index contributed by atoms with van der Waals surface area (Å²) in [5.74, 6) is -1.51. The second-order valence-corrected chi connectivity index (χ2v) is 11.0. The molecule has 2 N–H and O–H groups in total. The highest BCUT2D eigenvalue weighted by Crippen LogP contribution is 2.54. The van der Waals surface area contributed by atoms with Crippen LogP contribution in [0.25, 0.3) is 11.0 Å². The number of carbonyl (C=O) groups is 3. The molecule has 2 fully saturated rings. The predicted molar refractivity (Wildman–Crippen MR) is 128 cm³/mol. The van der Waals surface area contributed by atoms with Crippen LogP contribution in [0.15, 0.2) is 23.0 Å². The number of amides is 2. The van der Waals surface area contributed by atoms with E-state index in [1.54, 1.807) is 11.6 Å². The summed E-state index contributed by atoms with van der Waals surface area (Å²) in [6.45, 7) is 5.57. The average molecular weight is 470 g/mol. The van der Waals surface area contributed by atoms with Crippen molar-refractivity contribution in [3.05, 3.63) is 34.2 Å². The summed E-state index contributed by atoms with van der Waals surface area (Å²) in [7, 11) is 1.71. The van der Waals surface area contributed by atoms with Crippen LogP contribution in [0, 0.1) is 11.3 Å². The van der Waals surface area contributed by atoms with Gasteiger partial charge in [-0.15, -0.1) is 0 Å². The number of aryl methyl sites for hydroxylation is 1. The number of benzene rings is 1. The van der Waals surface area contributed by atoms with Gasteiger partial charge in [-0.3, -0.25) is 24.3 Å². The lowest BCUT2D eigenvalue weighted by atomic mass is 9.57. The van der Waals surface area contributed by atoms with E-state index < -0.39 is 16.9 Å². The number of aromatic nitrogens is 2. The Morgan fingerprint density at radius 3 is 2.53 bits per heavy atom. The minimum absolute atomic E-state index is 0.203. The second kappa shape index (κ2) is 9.04. The van der Waals surface area contributed by atoms with Crippen molar-refractivity contribution >= 4 is 28.8 Å². The Bertz CT molecular complexity index is 1160. The summed E-state index contributed by atoms with van der Waals surface area (Å²) < 4.78 is 7.29. The van der Waals surface area contributed by atoms with Crippen LogP contribution in [0.5, 0.6) is 0 Å². The van der Waals surface area contributed by atoms with E-state index in [0.29, 0.717) is 6.42 Å². The molecule has 2 aromatic rings. The third-order valence-electron chi connectivity index (χ3n) is 7.40. The zero-order valence-electron chi connectivity index (χ0n) is 20.5. The van der Waals surface area contributed by atoms with Gasteiger partial charge in [-0.25, -0.2) is 4.79 Å². The maximum absolute atomic E-state index is 13.1. The third kappa shape index (κ3) is 4.81. The van der Waals surface area contributed by atoms with Crippen molar-refractivity contribution in [1.82, 2.24) is 14.9 Å². The summed E-state index contributed by atoms with van der Waals surface area (Å²) in [6, 6.07) is 5.79. The van der Waals surface area contributed by atoms with E-state index in [0.717, 1.165) is 48.7 Å². The number of H-pyrrole nitrogens is 1. The fourth-order valence-corrected chi connectivity index (χ4v) is 5.99. The molecule has 1 saturated heterocycles. The van der Waals surface area contributed by atoms with Crippen LogP contribution >= 0.6 is 0 Å². The van der Waals surface area contributed by atoms with Crippen molar-refractivity contribution in [1.29, 1.82) is 0 Å². The summed E-state index contributed by atoms with van der Waals surface area (Å²) in [4.78, 5) is 53.3. The summed E-state index contributed by atoms with van der Waals surface area (Å²) >= 11 is 0. The summed E-state index contributed by atoms with van der Waals surface area (Å²) in [5.41, 5.74) is 1.13. The van der Waals surface area contributed by atoms with Gasteiger partial charge in [0.25, 0.3) is 0 Å². The lowest BCUT2D eigenvalue weighted by molar-refractivity contribution is -0.160. The molecule has 2 aliphatic rings. The van der Waals surface area contributed by atoms with Gasteiger partial charge < -0.3 is 9.72 Å². The van der Waals surface area contributed by atoms with E-state index >= 15 is 0 Å². The Labute approximate surface area is 199 Å². The number of imide groups is 1. The van der Waals surface area contributed by atoms with Crippen LogP contribution in [0.1, 0.15) is 83.6 Å². The minimum Gasteiger partial charge on any atom is -0.460 e. The highest BCUT2D eigenvalue weighted by Gasteiger charge is 2.49. The fourth-order valence-electron chi connectivity index (χ4n) is 5.99. The Hall–Kier alpha value is -2.90. The van der Waals surface area contributed by atoms with Crippen LogP contribution in [0.4, 0.5) is 0 Å². The Balaban J connectivity index is 1.83. The van der Waals surface area contributed by atoms with E-state index in [4.69, 9.17) is 4.74 Å². The van der Waals surface area contributed by atoms with Crippen LogP contribution in [0.2, 0.25) is 0 Å². The van der Waals surface area contributed by atoms with Gasteiger partial charge in [0, 0.05) is 25.3 Å². The second-order valence-electron chi connectivity index (χ2n) is 11.0. The van der Waals surface area contributed by atoms with Crippen LogP contribution in [0.3, 0.4) is 0 Å². The molecule has 8 nitrogen and oxygen atoms in total. The molecule has 1 aliphatic heterocycles. The maximum atomic E-state index is 13.1. The van der Waals surface area contributed by atoms with E-state index in [2.05, 4.69) is 10.3 Å². The molecule has 0 bridgehead atoms. The first-order valence-electron chi connectivity index (χ1n) is 12.2. The fraction of sp³-hybridized carbons (Fsp3) is 0.615. The number of carbonyl (C=O) groups excluding carboxylic acids is 3. The molecule has 184 valence electrons. The highest BCUT2D eigenvalue weighted by atomic mass is 16.6. The smallest absolute Gasteiger partial charge is 0.326 e. The first-order chi connectivity index (χ1) is 16.0. The largest absolute Gasteiger partial charge is 0.460 e. The first-order valence-corrected chi connectivity index (χ1v) is 12.2. The number of piperidine rings is 1. The number of nitrogens with one attached hydrogen (secondary N) is 2.